The van der Waals surface area contributed by atoms with E-state index in [4.69, 9.17) is 20.8 Å². The summed E-state index contributed by atoms with van der Waals surface area (Å²) in [6.07, 6.45) is 1.56. The van der Waals surface area contributed by atoms with Crippen LogP contribution in [0.5, 0.6) is 0 Å². The largest absolute Gasteiger partial charge is 0.461 e. The highest BCUT2D eigenvalue weighted by atomic mass is 79.9. The molecule has 0 radical (unpaired) electrons. The van der Waals surface area contributed by atoms with Crippen LogP contribution >= 0.6 is 27.5 Å². The molecule has 0 atom stereocenters. The third-order valence-corrected chi connectivity index (χ3v) is 3.24. The second kappa shape index (κ2) is 4.95. The summed E-state index contributed by atoms with van der Waals surface area (Å²) in [7, 11) is 1.59. The van der Waals surface area contributed by atoms with Gasteiger partial charge in [-0.15, -0.1) is 0 Å². The number of hydrogen-bond donors (Lipinski definition) is 0. The smallest absolute Gasteiger partial charge is 0.197 e. The number of furan rings is 1. The van der Waals surface area contributed by atoms with Crippen molar-refractivity contribution in [1.29, 1.82) is 0 Å². The summed E-state index contributed by atoms with van der Waals surface area (Å²) >= 11 is 9.29. The third-order valence-electron chi connectivity index (χ3n) is 1.90. The van der Waals surface area contributed by atoms with Crippen LogP contribution in [-0.2, 0) is 11.3 Å². The summed E-state index contributed by atoms with van der Waals surface area (Å²) in [5.74, 6) is 1.03. The standard InChI is InChI=1S/C10H8BrClN2O2/c1-15-5-6-8(11)9(12)14-10(13-6)7-3-2-4-16-7/h2-4H,5H2,1H3. The second-order valence-corrected chi connectivity index (χ2v) is 4.16. The number of methoxy groups -OCH3 is 1. The van der Waals surface area contributed by atoms with Gasteiger partial charge in [-0.2, -0.15) is 0 Å². The Morgan fingerprint density at radius 1 is 1.50 bits per heavy atom. The van der Waals surface area contributed by atoms with Gasteiger partial charge < -0.3 is 9.15 Å². The van der Waals surface area contributed by atoms with Gasteiger partial charge in [0.05, 0.1) is 23.0 Å². The lowest BCUT2D eigenvalue weighted by Gasteiger charge is -2.05. The number of rotatable bonds is 3. The molecule has 0 saturated carbocycles. The molecule has 0 saturated heterocycles. The highest BCUT2D eigenvalue weighted by Gasteiger charge is 2.13. The zero-order chi connectivity index (χ0) is 11.5. The van der Waals surface area contributed by atoms with E-state index in [9.17, 15) is 0 Å². The lowest BCUT2D eigenvalue weighted by atomic mass is 10.3. The summed E-state index contributed by atoms with van der Waals surface area (Å²) in [6.45, 7) is 0.358. The van der Waals surface area contributed by atoms with Crippen LogP contribution in [0.2, 0.25) is 5.15 Å². The highest BCUT2D eigenvalue weighted by Crippen LogP contribution is 2.27. The van der Waals surface area contributed by atoms with E-state index in [1.165, 1.54) is 0 Å². The van der Waals surface area contributed by atoms with Crippen LogP contribution < -0.4 is 0 Å². The van der Waals surface area contributed by atoms with Gasteiger partial charge in [0.15, 0.2) is 11.6 Å². The van der Waals surface area contributed by atoms with Gasteiger partial charge in [0.1, 0.15) is 5.15 Å². The van der Waals surface area contributed by atoms with Gasteiger partial charge in [0.2, 0.25) is 0 Å². The fourth-order valence-corrected chi connectivity index (χ4v) is 1.69. The van der Waals surface area contributed by atoms with Crippen LogP contribution in [0.15, 0.2) is 27.3 Å². The molecule has 0 amide bonds. The average Bonchev–Trinajstić information content (AvgIpc) is 2.78. The van der Waals surface area contributed by atoms with Crippen molar-refractivity contribution in [3.8, 4) is 11.6 Å². The molecule has 6 heteroatoms. The molecule has 0 N–H and O–H groups in total. The number of ether oxygens (including phenoxy) is 1. The lowest BCUT2D eigenvalue weighted by Crippen LogP contribution is -1.99. The normalized spacial score (nSPS) is 10.7. The first-order valence-electron chi connectivity index (χ1n) is 4.47. The van der Waals surface area contributed by atoms with E-state index in [1.807, 2.05) is 0 Å². The Morgan fingerprint density at radius 2 is 2.31 bits per heavy atom. The van der Waals surface area contributed by atoms with Gasteiger partial charge in [0, 0.05) is 7.11 Å². The van der Waals surface area contributed by atoms with Gasteiger partial charge in [-0.05, 0) is 28.1 Å². The van der Waals surface area contributed by atoms with E-state index in [2.05, 4.69) is 25.9 Å². The van der Waals surface area contributed by atoms with E-state index < -0.39 is 0 Å². The first kappa shape index (κ1) is 11.6. The molecule has 0 aromatic carbocycles. The van der Waals surface area contributed by atoms with E-state index in [0.717, 1.165) is 0 Å². The van der Waals surface area contributed by atoms with Crippen molar-refractivity contribution in [2.24, 2.45) is 0 Å². The predicted octanol–water partition coefficient (Wildman–Crippen LogP) is 3.30. The lowest BCUT2D eigenvalue weighted by molar-refractivity contribution is 0.181. The molecule has 0 aliphatic rings. The molecule has 0 spiro atoms. The number of nitrogens with zero attached hydrogens (tertiary/aromatic N) is 2. The van der Waals surface area contributed by atoms with E-state index in [-0.39, 0.29) is 0 Å². The molecule has 2 heterocycles. The molecular formula is C10H8BrClN2O2. The van der Waals surface area contributed by atoms with Crippen LogP contribution in [0, 0.1) is 0 Å². The Labute approximate surface area is 106 Å². The van der Waals surface area contributed by atoms with Gasteiger partial charge in [-0.3, -0.25) is 0 Å². The fourth-order valence-electron chi connectivity index (χ4n) is 1.21. The van der Waals surface area contributed by atoms with E-state index in [0.29, 0.717) is 33.5 Å². The molecule has 4 nitrogen and oxygen atoms in total. The van der Waals surface area contributed by atoms with Crippen LogP contribution in [-0.4, -0.2) is 17.1 Å². The minimum atomic E-state index is 0.341. The molecule has 0 unspecified atom stereocenters. The zero-order valence-electron chi connectivity index (χ0n) is 8.41. The quantitative estimate of drug-likeness (QED) is 0.816. The van der Waals surface area contributed by atoms with Gasteiger partial charge in [0.25, 0.3) is 0 Å². The summed E-state index contributed by atoms with van der Waals surface area (Å²) in [5.41, 5.74) is 0.689. The Bertz CT molecular complexity index is 488. The third kappa shape index (κ3) is 2.26. The van der Waals surface area contributed by atoms with Crippen molar-refractivity contribution in [1.82, 2.24) is 9.97 Å². The van der Waals surface area contributed by atoms with Gasteiger partial charge in [-0.1, -0.05) is 11.6 Å². The Kier molecular flexibility index (Phi) is 3.58. The zero-order valence-corrected chi connectivity index (χ0v) is 10.7. The molecule has 84 valence electrons. The summed E-state index contributed by atoms with van der Waals surface area (Å²) in [6, 6.07) is 3.54. The molecule has 2 aromatic rings. The van der Waals surface area contributed by atoms with Crippen LogP contribution in [0.1, 0.15) is 5.69 Å². The number of halogens is 2. The predicted molar refractivity (Wildman–Crippen MR) is 63.2 cm³/mol. The monoisotopic (exact) mass is 302 g/mol. The van der Waals surface area contributed by atoms with Gasteiger partial charge in [-0.25, -0.2) is 9.97 Å². The SMILES string of the molecule is COCc1nc(-c2ccco2)nc(Cl)c1Br. The summed E-state index contributed by atoms with van der Waals surface area (Å²) < 4.78 is 10.9. The van der Waals surface area contributed by atoms with Crippen LogP contribution in [0.4, 0.5) is 0 Å². The molecule has 2 aromatic heterocycles. The van der Waals surface area contributed by atoms with Crippen molar-refractivity contribution in [2.75, 3.05) is 7.11 Å². The second-order valence-electron chi connectivity index (χ2n) is 3.01. The maximum atomic E-state index is 5.98. The van der Waals surface area contributed by atoms with E-state index in [1.54, 1.807) is 25.5 Å². The number of hydrogen-bond acceptors (Lipinski definition) is 4. The fraction of sp³-hybridized carbons (Fsp3) is 0.200. The molecule has 0 aliphatic carbocycles. The number of aromatic nitrogens is 2. The topological polar surface area (TPSA) is 48.2 Å². The Balaban J connectivity index is 2.48. The molecule has 2 rings (SSSR count). The van der Waals surface area contributed by atoms with Crippen LogP contribution in [0.25, 0.3) is 11.6 Å². The van der Waals surface area contributed by atoms with Crippen molar-refractivity contribution in [3.63, 3.8) is 0 Å². The molecule has 0 bridgehead atoms. The molecule has 0 fully saturated rings. The van der Waals surface area contributed by atoms with E-state index >= 15 is 0 Å². The molecule has 16 heavy (non-hydrogen) atoms. The first-order valence-corrected chi connectivity index (χ1v) is 5.64. The summed E-state index contributed by atoms with van der Waals surface area (Å²) in [4.78, 5) is 8.42. The van der Waals surface area contributed by atoms with Crippen molar-refractivity contribution >= 4 is 27.5 Å². The highest BCUT2D eigenvalue weighted by molar-refractivity contribution is 9.10. The summed E-state index contributed by atoms with van der Waals surface area (Å²) in [5, 5.41) is 0.341. The minimum Gasteiger partial charge on any atom is -0.461 e. The van der Waals surface area contributed by atoms with Gasteiger partial charge >= 0.3 is 0 Å². The maximum Gasteiger partial charge on any atom is 0.197 e. The van der Waals surface area contributed by atoms with Crippen molar-refractivity contribution in [3.05, 3.63) is 33.7 Å². The molecule has 0 aliphatic heterocycles. The Morgan fingerprint density at radius 3 is 2.94 bits per heavy atom. The molecular weight excluding hydrogens is 295 g/mol. The van der Waals surface area contributed by atoms with Crippen molar-refractivity contribution < 1.29 is 9.15 Å². The van der Waals surface area contributed by atoms with Crippen LogP contribution in [0.3, 0.4) is 0 Å². The maximum absolute atomic E-state index is 5.98. The minimum absolute atomic E-state index is 0.341. The Hall–Kier alpha value is -0.910. The average molecular weight is 304 g/mol. The first-order chi connectivity index (χ1) is 7.72. The van der Waals surface area contributed by atoms with Crippen molar-refractivity contribution in [2.45, 2.75) is 6.61 Å².